The van der Waals surface area contributed by atoms with E-state index in [0.717, 1.165) is 61.1 Å². The monoisotopic (exact) mass is 626 g/mol. The van der Waals surface area contributed by atoms with Gasteiger partial charge in [0.1, 0.15) is 11.3 Å². The number of rotatable bonds is 3. The lowest BCUT2D eigenvalue weighted by atomic mass is 9.87. The van der Waals surface area contributed by atoms with Gasteiger partial charge in [-0.1, -0.05) is 92.6 Å². The standard InChI is InChI=1S/C43H37N5/c1-27-17-19-37-33(21-27)35-25-36-34-22-28(2)18-20-38(34)48(42(36)44-41(35)47(37)31-13-9-11-29(23-31)43(3,4)5)32-14-10-12-30(24-32)46-26-45(6)39-15-7-8-16-40(39)46/h7-25H,1-6H3/i6D3. The Morgan fingerprint density at radius 1 is 0.604 bits per heavy atom. The number of fused-ring (bicyclic) bond motifs is 7. The molecule has 9 rings (SSSR count). The zero-order valence-corrected chi connectivity index (χ0v) is 27.7. The molecule has 5 nitrogen and oxygen atoms in total. The lowest BCUT2D eigenvalue weighted by Crippen LogP contribution is -2.26. The van der Waals surface area contributed by atoms with Crippen LogP contribution < -0.4 is 4.57 Å². The van der Waals surface area contributed by atoms with E-state index in [-0.39, 0.29) is 5.41 Å². The Labute approximate surface area is 284 Å². The van der Waals surface area contributed by atoms with Gasteiger partial charge in [-0.25, -0.2) is 4.98 Å². The lowest BCUT2D eigenvalue weighted by molar-refractivity contribution is -0.649. The van der Waals surface area contributed by atoms with Crippen LogP contribution in [0.5, 0.6) is 0 Å². The third-order valence-corrected chi connectivity index (χ3v) is 9.65. The van der Waals surface area contributed by atoms with Gasteiger partial charge in [0.15, 0.2) is 0 Å². The molecule has 0 bridgehead atoms. The van der Waals surface area contributed by atoms with Crippen molar-refractivity contribution in [2.45, 2.75) is 40.0 Å². The maximum absolute atomic E-state index is 8.16. The molecule has 0 unspecified atom stereocenters. The van der Waals surface area contributed by atoms with Gasteiger partial charge >= 0.3 is 0 Å². The van der Waals surface area contributed by atoms with E-state index in [9.17, 15) is 0 Å². The molecule has 0 saturated heterocycles. The topological polar surface area (TPSA) is 31.6 Å². The second-order valence-corrected chi connectivity index (χ2v) is 14.0. The number of hydrogen-bond acceptors (Lipinski definition) is 1. The van der Waals surface area contributed by atoms with Crippen molar-refractivity contribution in [3.05, 3.63) is 138 Å². The molecule has 0 aliphatic rings. The second-order valence-electron chi connectivity index (χ2n) is 14.0. The van der Waals surface area contributed by atoms with Crippen LogP contribution in [0.15, 0.2) is 115 Å². The molecule has 0 amide bonds. The Bertz CT molecular complexity index is 2860. The molecule has 5 aromatic carbocycles. The third kappa shape index (κ3) is 4.24. The van der Waals surface area contributed by atoms with Gasteiger partial charge < -0.3 is 9.13 Å². The Balaban J connectivity index is 1.35. The maximum Gasteiger partial charge on any atom is 0.244 e. The van der Waals surface area contributed by atoms with Gasteiger partial charge in [0.25, 0.3) is 0 Å². The first-order valence-corrected chi connectivity index (χ1v) is 16.4. The molecule has 0 radical (unpaired) electrons. The minimum atomic E-state index is -2.37. The van der Waals surface area contributed by atoms with E-state index in [1.807, 2.05) is 41.0 Å². The van der Waals surface area contributed by atoms with Crippen LogP contribution in [0.3, 0.4) is 0 Å². The van der Waals surface area contributed by atoms with Gasteiger partial charge in [-0.3, -0.25) is 9.13 Å². The molecule has 0 saturated carbocycles. The molecule has 0 fully saturated rings. The van der Waals surface area contributed by atoms with E-state index in [0.29, 0.717) is 5.52 Å². The molecule has 9 aromatic rings. The Morgan fingerprint density at radius 3 is 1.85 bits per heavy atom. The van der Waals surface area contributed by atoms with Gasteiger partial charge in [0, 0.05) is 32.9 Å². The molecule has 4 heterocycles. The molecule has 0 N–H and O–H groups in total. The summed E-state index contributed by atoms with van der Waals surface area (Å²) in [6, 6.07) is 40.0. The summed E-state index contributed by atoms with van der Waals surface area (Å²) >= 11 is 0. The number of para-hydroxylation sites is 2. The van der Waals surface area contributed by atoms with E-state index < -0.39 is 6.98 Å². The highest BCUT2D eigenvalue weighted by molar-refractivity contribution is 6.17. The zero-order valence-electron chi connectivity index (χ0n) is 30.7. The maximum atomic E-state index is 8.16. The molecule has 0 aliphatic carbocycles. The first-order valence-electron chi connectivity index (χ1n) is 17.9. The summed E-state index contributed by atoms with van der Waals surface area (Å²) in [5.74, 6) is 0. The van der Waals surface area contributed by atoms with Crippen molar-refractivity contribution in [3.63, 3.8) is 0 Å². The van der Waals surface area contributed by atoms with Gasteiger partial charge in [-0.15, -0.1) is 0 Å². The predicted octanol–water partition coefficient (Wildman–Crippen LogP) is 9.76. The largest absolute Gasteiger partial charge is 0.319 e. The van der Waals surface area contributed by atoms with Crippen molar-refractivity contribution in [3.8, 4) is 17.1 Å². The van der Waals surface area contributed by atoms with Crippen LogP contribution in [0, 0.1) is 20.2 Å². The van der Waals surface area contributed by atoms with E-state index in [1.165, 1.54) is 26.6 Å². The fourth-order valence-corrected chi connectivity index (χ4v) is 7.23. The van der Waals surface area contributed by atoms with E-state index in [2.05, 4.69) is 129 Å². The van der Waals surface area contributed by atoms with Gasteiger partial charge in [-0.05, 0) is 79.4 Å². The minimum absolute atomic E-state index is 0.00735. The van der Waals surface area contributed by atoms with Crippen molar-refractivity contribution in [2.24, 2.45) is 6.98 Å². The summed E-state index contributed by atoms with van der Waals surface area (Å²) in [6.45, 7) is 8.63. The van der Waals surface area contributed by atoms with Crippen molar-refractivity contribution in [2.75, 3.05) is 0 Å². The average Bonchev–Trinajstić information content (AvgIpc) is 3.74. The van der Waals surface area contributed by atoms with Crippen LogP contribution in [0.4, 0.5) is 0 Å². The van der Waals surface area contributed by atoms with Crippen LogP contribution in [-0.2, 0) is 12.4 Å². The first kappa shape index (κ1) is 25.4. The molecular formula is C43H37N5. The molecule has 0 atom stereocenters. The molecule has 4 aromatic heterocycles. The Morgan fingerprint density at radius 2 is 1.21 bits per heavy atom. The van der Waals surface area contributed by atoms with Crippen LogP contribution in [-0.4, -0.2) is 18.7 Å². The molecule has 0 aliphatic heterocycles. The smallest absolute Gasteiger partial charge is 0.244 e. The Kier molecular flexibility index (Phi) is 5.38. The van der Waals surface area contributed by atoms with E-state index in [1.54, 1.807) is 0 Å². The fraction of sp³-hybridized carbons (Fsp3) is 0.163. The lowest BCUT2D eigenvalue weighted by Gasteiger charge is -2.20. The van der Waals surface area contributed by atoms with Crippen molar-refractivity contribution >= 4 is 54.9 Å². The molecule has 0 spiro atoms. The first-order chi connectivity index (χ1) is 24.4. The summed E-state index contributed by atoms with van der Waals surface area (Å²) in [5, 5.41) is 4.49. The minimum Gasteiger partial charge on any atom is -0.319 e. The summed E-state index contributed by atoms with van der Waals surface area (Å²) in [5.41, 5.74) is 11.7. The van der Waals surface area contributed by atoms with Gasteiger partial charge in [-0.2, -0.15) is 0 Å². The number of imidazole rings is 1. The third-order valence-electron chi connectivity index (χ3n) is 9.65. The van der Waals surface area contributed by atoms with Crippen LogP contribution in [0.1, 0.15) is 41.6 Å². The number of hydrogen-bond donors (Lipinski definition) is 0. The number of benzene rings is 5. The number of aryl methyl sites for hydroxylation is 3. The zero-order chi connectivity index (χ0) is 35.4. The summed E-state index contributed by atoms with van der Waals surface area (Å²) in [7, 11) is 0. The normalized spacial score (nSPS) is 13.6. The fourth-order valence-electron chi connectivity index (χ4n) is 7.23. The van der Waals surface area contributed by atoms with Crippen LogP contribution in [0.2, 0.25) is 0 Å². The molecule has 5 heteroatoms. The SMILES string of the molecule is [2H]C([2H])([2H])[n+]1[c-]n(-c2cccc(-n3c4ccc(C)cc4c4cc5c6cc(C)ccc6n(-c6cccc(C(C)(C)C)c6)c5nc43)c2)c2ccccc21. The van der Waals surface area contributed by atoms with Gasteiger partial charge in [0.05, 0.1) is 38.8 Å². The van der Waals surface area contributed by atoms with Crippen LogP contribution in [0.25, 0.3) is 72.0 Å². The number of aromatic nitrogens is 5. The average molecular weight is 627 g/mol. The Hall–Kier alpha value is -5.68. The van der Waals surface area contributed by atoms with Crippen molar-refractivity contribution < 1.29 is 8.68 Å². The van der Waals surface area contributed by atoms with Gasteiger partial charge in [0.2, 0.25) is 6.33 Å². The van der Waals surface area contributed by atoms with E-state index >= 15 is 0 Å². The van der Waals surface area contributed by atoms with Crippen molar-refractivity contribution in [1.82, 2.24) is 18.7 Å². The second kappa shape index (κ2) is 10.2. The van der Waals surface area contributed by atoms with Crippen molar-refractivity contribution in [1.29, 1.82) is 0 Å². The molecule has 48 heavy (non-hydrogen) atoms. The highest BCUT2D eigenvalue weighted by Gasteiger charge is 2.22. The summed E-state index contributed by atoms with van der Waals surface area (Å²) in [6.07, 6.45) is 3.13. The van der Waals surface area contributed by atoms with Crippen LogP contribution >= 0.6 is 0 Å². The summed E-state index contributed by atoms with van der Waals surface area (Å²) < 4.78 is 32.1. The van der Waals surface area contributed by atoms with E-state index in [4.69, 9.17) is 9.10 Å². The molecule has 234 valence electrons. The highest BCUT2D eigenvalue weighted by atomic mass is 15.1. The quantitative estimate of drug-likeness (QED) is 0.142. The highest BCUT2D eigenvalue weighted by Crippen LogP contribution is 2.39. The predicted molar refractivity (Wildman–Crippen MR) is 198 cm³/mol. The summed E-state index contributed by atoms with van der Waals surface area (Å²) in [4.78, 5) is 5.58. The number of nitrogens with zero attached hydrogens (tertiary/aromatic N) is 5. The number of pyridine rings is 1. The molecular weight excluding hydrogens is 587 g/mol.